The van der Waals surface area contributed by atoms with Gasteiger partial charge in [-0.05, 0) is 29.3 Å². The van der Waals surface area contributed by atoms with Crippen LogP contribution in [0.5, 0.6) is 0 Å². The fourth-order valence-electron chi connectivity index (χ4n) is 2.37. The van der Waals surface area contributed by atoms with E-state index in [1.807, 2.05) is 24.3 Å². The van der Waals surface area contributed by atoms with Crippen molar-refractivity contribution < 1.29 is 9.18 Å². The van der Waals surface area contributed by atoms with Crippen LogP contribution < -0.4 is 5.32 Å². The summed E-state index contributed by atoms with van der Waals surface area (Å²) in [7, 11) is 0. The second-order valence-electron chi connectivity index (χ2n) is 5.32. The van der Waals surface area contributed by atoms with Crippen LogP contribution in [0.3, 0.4) is 0 Å². The van der Waals surface area contributed by atoms with E-state index in [9.17, 15) is 9.18 Å². The van der Waals surface area contributed by atoms with E-state index in [4.69, 9.17) is 0 Å². The molecule has 0 saturated heterocycles. The lowest BCUT2D eigenvalue weighted by molar-refractivity contribution is -0.115. The van der Waals surface area contributed by atoms with E-state index in [0.29, 0.717) is 17.9 Å². The van der Waals surface area contributed by atoms with Crippen LogP contribution in [0.25, 0.3) is 0 Å². The Labute approximate surface area is 147 Å². The van der Waals surface area contributed by atoms with E-state index in [2.05, 4.69) is 26.3 Å². The molecule has 0 fully saturated rings. The van der Waals surface area contributed by atoms with Gasteiger partial charge in [0.2, 0.25) is 5.91 Å². The third-order valence-electron chi connectivity index (χ3n) is 3.51. The quantitative estimate of drug-likeness (QED) is 0.718. The van der Waals surface area contributed by atoms with Crippen molar-refractivity contribution in [2.24, 2.45) is 0 Å². The predicted molar refractivity (Wildman–Crippen MR) is 94.2 cm³/mol. The number of carbonyl (C=O) groups is 1. The van der Waals surface area contributed by atoms with Gasteiger partial charge in [0.1, 0.15) is 11.6 Å². The highest BCUT2D eigenvalue weighted by Gasteiger charge is 2.11. The molecule has 1 heterocycles. The van der Waals surface area contributed by atoms with E-state index >= 15 is 0 Å². The van der Waals surface area contributed by atoms with Crippen LogP contribution in [0, 0.1) is 5.82 Å². The van der Waals surface area contributed by atoms with Crippen molar-refractivity contribution in [3.63, 3.8) is 0 Å². The SMILES string of the molecule is O=C(Cc1ccccc1F)Nc1ccnn1Cc1cccc(Br)c1. The molecule has 0 radical (unpaired) electrons. The smallest absolute Gasteiger partial charge is 0.230 e. The number of aromatic nitrogens is 2. The molecule has 24 heavy (non-hydrogen) atoms. The minimum absolute atomic E-state index is 0.0191. The second-order valence-corrected chi connectivity index (χ2v) is 6.24. The first kappa shape index (κ1) is 16.4. The molecule has 122 valence electrons. The van der Waals surface area contributed by atoms with Gasteiger partial charge in [0.05, 0.1) is 19.2 Å². The van der Waals surface area contributed by atoms with Gasteiger partial charge in [-0.2, -0.15) is 5.10 Å². The van der Waals surface area contributed by atoms with Gasteiger partial charge in [-0.1, -0.05) is 46.3 Å². The Morgan fingerprint density at radius 3 is 2.79 bits per heavy atom. The van der Waals surface area contributed by atoms with Crippen LogP contribution in [0.1, 0.15) is 11.1 Å². The molecule has 0 bridgehead atoms. The Hall–Kier alpha value is -2.47. The molecule has 4 nitrogen and oxygen atoms in total. The normalized spacial score (nSPS) is 10.6. The molecule has 0 aliphatic rings. The highest BCUT2D eigenvalue weighted by atomic mass is 79.9. The maximum Gasteiger partial charge on any atom is 0.230 e. The van der Waals surface area contributed by atoms with Gasteiger partial charge in [0.25, 0.3) is 0 Å². The number of hydrogen-bond acceptors (Lipinski definition) is 2. The van der Waals surface area contributed by atoms with Crippen molar-refractivity contribution >= 4 is 27.7 Å². The van der Waals surface area contributed by atoms with Gasteiger partial charge in [-0.15, -0.1) is 0 Å². The first-order valence-corrected chi connectivity index (χ1v) is 8.20. The number of benzene rings is 2. The zero-order chi connectivity index (χ0) is 16.9. The van der Waals surface area contributed by atoms with Crippen LogP contribution in [0.2, 0.25) is 0 Å². The maximum atomic E-state index is 13.6. The zero-order valence-corrected chi connectivity index (χ0v) is 14.3. The third-order valence-corrected chi connectivity index (χ3v) is 4.01. The molecule has 3 rings (SSSR count). The molecule has 0 aliphatic heterocycles. The molecule has 1 N–H and O–H groups in total. The number of rotatable bonds is 5. The highest BCUT2D eigenvalue weighted by Crippen LogP contribution is 2.15. The number of halogens is 2. The summed E-state index contributed by atoms with van der Waals surface area (Å²) in [6.45, 7) is 0.530. The van der Waals surface area contributed by atoms with Crippen molar-refractivity contribution in [1.29, 1.82) is 0 Å². The van der Waals surface area contributed by atoms with Crippen molar-refractivity contribution in [1.82, 2.24) is 9.78 Å². The predicted octanol–water partition coefficient (Wildman–Crippen LogP) is 4.01. The Balaban J connectivity index is 1.69. The van der Waals surface area contributed by atoms with Crippen LogP contribution >= 0.6 is 15.9 Å². The molecule has 3 aromatic rings. The molecular weight excluding hydrogens is 373 g/mol. The number of nitrogens with zero attached hydrogens (tertiary/aromatic N) is 2. The minimum Gasteiger partial charge on any atom is -0.311 e. The van der Waals surface area contributed by atoms with Crippen molar-refractivity contribution in [3.8, 4) is 0 Å². The fraction of sp³-hybridized carbons (Fsp3) is 0.111. The number of hydrogen-bond donors (Lipinski definition) is 1. The van der Waals surface area contributed by atoms with Gasteiger partial charge in [-0.3, -0.25) is 4.79 Å². The number of nitrogens with one attached hydrogen (secondary N) is 1. The number of carbonyl (C=O) groups excluding carboxylic acids is 1. The standard InChI is InChI=1S/C18H15BrFN3O/c19-15-6-3-4-13(10-15)12-23-17(8-9-21-23)22-18(24)11-14-5-1-2-7-16(14)20/h1-10H,11-12H2,(H,22,24). The Morgan fingerprint density at radius 2 is 2.00 bits per heavy atom. The van der Waals surface area contributed by atoms with Crippen molar-refractivity contribution in [3.05, 3.63) is 82.2 Å². The summed E-state index contributed by atoms with van der Waals surface area (Å²) in [5.41, 5.74) is 1.42. The first-order valence-electron chi connectivity index (χ1n) is 7.41. The lowest BCUT2D eigenvalue weighted by Gasteiger charge is -2.10. The average Bonchev–Trinajstić information content (AvgIpc) is 2.96. The molecule has 0 saturated carbocycles. The minimum atomic E-state index is -0.379. The fourth-order valence-corrected chi connectivity index (χ4v) is 2.82. The molecule has 0 atom stereocenters. The lowest BCUT2D eigenvalue weighted by atomic mass is 10.1. The summed E-state index contributed by atoms with van der Waals surface area (Å²) in [5, 5.41) is 7.02. The Bertz CT molecular complexity index is 863. The van der Waals surface area contributed by atoms with Gasteiger partial charge < -0.3 is 5.32 Å². The van der Waals surface area contributed by atoms with Crippen LogP contribution in [-0.2, 0) is 17.8 Å². The maximum absolute atomic E-state index is 13.6. The monoisotopic (exact) mass is 387 g/mol. The van der Waals surface area contributed by atoms with Gasteiger partial charge in [0.15, 0.2) is 0 Å². The molecule has 2 aromatic carbocycles. The van der Waals surface area contributed by atoms with Gasteiger partial charge in [-0.25, -0.2) is 9.07 Å². The molecule has 6 heteroatoms. The lowest BCUT2D eigenvalue weighted by Crippen LogP contribution is -2.18. The van der Waals surface area contributed by atoms with E-state index < -0.39 is 0 Å². The van der Waals surface area contributed by atoms with Crippen LogP contribution in [0.15, 0.2) is 65.3 Å². The van der Waals surface area contributed by atoms with E-state index in [1.54, 1.807) is 35.1 Å². The first-order chi connectivity index (χ1) is 11.6. The van der Waals surface area contributed by atoms with E-state index in [1.165, 1.54) is 6.07 Å². The molecule has 0 unspecified atom stereocenters. The van der Waals surface area contributed by atoms with E-state index in [0.717, 1.165) is 10.0 Å². The van der Waals surface area contributed by atoms with Crippen molar-refractivity contribution in [2.75, 3.05) is 5.32 Å². The Morgan fingerprint density at radius 1 is 1.17 bits per heavy atom. The second kappa shape index (κ2) is 7.40. The summed E-state index contributed by atoms with van der Waals surface area (Å²) >= 11 is 3.43. The summed E-state index contributed by atoms with van der Waals surface area (Å²) in [5.74, 6) is -0.0808. The topological polar surface area (TPSA) is 46.9 Å². The number of anilines is 1. The molecule has 0 aliphatic carbocycles. The van der Waals surface area contributed by atoms with Gasteiger partial charge in [0, 0.05) is 10.5 Å². The van der Waals surface area contributed by atoms with Crippen molar-refractivity contribution in [2.45, 2.75) is 13.0 Å². The summed E-state index contributed by atoms with van der Waals surface area (Å²) in [6, 6.07) is 15.9. The molecule has 0 spiro atoms. The van der Waals surface area contributed by atoms with E-state index in [-0.39, 0.29) is 18.1 Å². The summed E-state index contributed by atoms with van der Waals surface area (Å²) in [4.78, 5) is 12.2. The third kappa shape index (κ3) is 4.08. The largest absolute Gasteiger partial charge is 0.311 e. The summed E-state index contributed by atoms with van der Waals surface area (Å²) < 4.78 is 16.3. The van der Waals surface area contributed by atoms with Crippen LogP contribution in [0.4, 0.5) is 10.2 Å². The average molecular weight is 388 g/mol. The molecular formula is C18H15BrFN3O. The zero-order valence-electron chi connectivity index (χ0n) is 12.7. The van der Waals surface area contributed by atoms with Crippen LogP contribution in [-0.4, -0.2) is 15.7 Å². The molecule has 1 aromatic heterocycles. The highest BCUT2D eigenvalue weighted by molar-refractivity contribution is 9.10. The van der Waals surface area contributed by atoms with Gasteiger partial charge >= 0.3 is 0 Å². The number of amides is 1. The summed E-state index contributed by atoms with van der Waals surface area (Å²) in [6.07, 6.45) is 1.60. The molecule has 1 amide bonds. The Kier molecular flexibility index (Phi) is 5.05.